The van der Waals surface area contributed by atoms with Crippen molar-refractivity contribution in [1.82, 2.24) is 0 Å². The van der Waals surface area contributed by atoms with Gasteiger partial charge in [0.05, 0.1) is 0 Å². The minimum absolute atomic E-state index is 0.224. The van der Waals surface area contributed by atoms with Gasteiger partial charge in [-0.15, -0.1) is 0 Å². The molecule has 0 heterocycles. The molecule has 1 atom stereocenters. The lowest BCUT2D eigenvalue weighted by atomic mass is 9.82. The zero-order chi connectivity index (χ0) is 11.8. The molecule has 0 fully saturated rings. The Morgan fingerprint density at radius 2 is 1.80 bits per heavy atom. The molecule has 0 saturated heterocycles. The molecular weight excluding hydrogens is 200 g/mol. The Labute approximate surface area is 87.7 Å². The summed E-state index contributed by atoms with van der Waals surface area (Å²) in [4.78, 5) is 0. The van der Waals surface area contributed by atoms with Crippen LogP contribution < -0.4 is 5.73 Å². The van der Waals surface area contributed by atoms with E-state index in [1.807, 2.05) is 20.8 Å². The topological polar surface area (TPSA) is 46.2 Å². The number of benzene rings is 1. The van der Waals surface area contributed by atoms with Gasteiger partial charge in [0.25, 0.3) is 0 Å². The highest BCUT2D eigenvalue weighted by Gasteiger charge is 2.26. The molecular formula is C11H15F2NO. The Morgan fingerprint density at radius 1 is 1.27 bits per heavy atom. The molecule has 15 heavy (non-hydrogen) atoms. The first-order valence-electron chi connectivity index (χ1n) is 4.67. The maximum Gasteiger partial charge on any atom is 0.200 e. The van der Waals surface area contributed by atoms with Crippen molar-refractivity contribution in [2.24, 2.45) is 11.1 Å². The summed E-state index contributed by atoms with van der Waals surface area (Å²) in [7, 11) is 0. The van der Waals surface area contributed by atoms with Gasteiger partial charge in [-0.3, -0.25) is 0 Å². The fourth-order valence-corrected chi connectivity index (χ4v) is 1.27. The van der Waals surface area contributed by atoms with E-state index >= 15 is 0 Å². The molecule has 1 aromatic carbocycles. The predicted molar refractivity (Wildman–Crippen MR) is 54.4 cm³/mol. The lowest BCUT2D eigenvalue weighted by Crippen LogP contribution is -2.26. The zero-order valence-electron chi connectivity index (χ0n) is 9.01. The van der Waals surface area contributed by atoms with Crippen LogP contribution in [0.25, 0.3) is 0 Å². The molecule has 0 saturated carbocycles. The molecule has 0 amide bonds. The number of phenolic OH excluding ortho intramolecular Hbond substituents is 1. The van der Waals surface area contributed by atoms with Crippen LogP contribution in [0.15, 0.2) is 12.1 Å². The smallest absolute Gasteiger partial charge is 0.200 e. The van der Waals surface area contributed by atoms with Crippen LogP contribution in [0.1, 0.15) is 32.4 Å². The Bertz CT molecular complexity index is 372. The van der Waals surface area contributed by atoms with Gasteiger partial charge in [0, 0.05) is 11.6 Å². The van der Waals surface area contributed by atoms with Gasteiger partial charge in [-0.2, -0.15) is 4.39 Å². The normalized spacial score (nSPS) is 14.0. The van der Waals surface area contributed by atoms with E-state index in [0.717, 1.165) is 6.07 Å². The average molecular weight is 215 g/mol. The van der Waals surface area contributed by atoms with Gasteiger partial charge in [0.2, 0.25) is 5.82 Å². The van der Waals surface area contributed by atoms with Crippen LogP contribution in [0, 0.1) is 17.0 Å². The van der Waals surface area contributed by atoms with Crippen LogP contribution in [-0.4, -0.2) is 5.11 Å². The third kappa shape index (κ3) is 2.26. The number of nitrogens with two attached hydrogens (primary N) is 1. The highest BCUT2D eigenvalue weighted by molar-refractivity contribution is 5.37. The molecule has 0 unspecified atom stereocenters. The summed E-state index contributed by atoms with van der Waals surface area (Å²) in [6, 6.07) is 1.73. The van der Waals surface area contributed by atoms with E-state index in [9.17, 15) is 13.9 Å². The van der Waals surface area contributed by atoms with E-state index in [-0.39, 0.29) is 11.0 Å². The number of hydrogen-bond donors (Lipinski definition) is 2. The lowest BCUT2D eigenvalue weighted by molar-refractivity contribution is 0.311. The van der Waals surface area contributed by atoms with Crippen molar-refractivity contribution in [2.45, 2.75) is 26.8 Å². The van der Waals surface area contributed by atoms with Gasteiger partial charge in [0.1, 0.15) is 0 Å². The Balaban J connectivity index is 3.23. The standard InChI is InChI=1S/C11H15F2NO/c1-11(2,3)10(14)6-4-5-7(12)8(13)9(6)15/h4-5,10,15H,14H2,1-3H3/t10-/m0/s1. The summed E-state index contributed by atoms with van der Waals surface area (Å²) in [5.41, 5.74) is 5.73. The maximum absolute atomic E-state index is 13.1. The van der Waals surface area contributed by atoms with E-state index in [1.54, 1.807) is 0 Å². The second-order valence-corrected chi connectivity index (χ2v) is 4.64. The van der Waals surface area contributed by atoms with Crippen molar-refractivity contribution in [3.05, 3.63) is 29.3 Å². The van der Waals surface area contributed by atoms with E-state index in [1.165, 1.54) is 6.07 Å². The van der Waals surface area contributed by atoms with Crippen LogP contribution >= 0.6 is 0 Å². The van der Waals surface area contributed by atoms with Crippen molar-refractivity contribution in [2.75, 3.05) is 0 Å². The fourth-order valence-electron chi connectivity index (χ4n) is 1.27. The summed E-state index contributed by atoms with van der Waals surface area (Å²) in [5, 5.41) is 9.42. The van der Waals surface area contributed by atoms with Crippen LogP contribution in [0.5, 0.6) is 5.75 Å². The molecule has 0 aliphatic rings. The van der Waals surface area contributed by atoms with E-state index in [2.05, 4.69) is 0 Å². The van der Waals surface area contributed by atoms with Gasteiger partial charge >= 0.3 is 0 Å². The second-order valence-electron chi connectivity index (χ2n) is 4.64. The largest absolute Gasteiger partial charge is 0.505 e. The van der Waals surface area contributed by atoms with Crippen molar-refractivity contribution in [3.63, 3.8) is 0 Å². The van der Waals surface area contributed by atoms with Gasteiger partial charge in [0.15, 0.2) is 11.6 Å². The van der Waals surface area contributed by atoms with Crippen LogP contribution in [0.2, 0.25) is 0 Å². The van der Waals surface area contributed by atoms with Crippen LogP contribution in [0.3, 0.4) is 0 Å². The van der Waals surface area contributed by atoms with Crippen molar-refractivity contribution >= 4 is 0 Å². The summed E-state index contributed by atoms with van der Waals surface area (Å²) >= 11 is 0. The number of phenols is 1. The first kappa shape index (κ1) is 11.9. The molecule has 0 spiro atoms. The van der Waals surface area contributed by atoms with Gasteiger partial charge in [-0.1, -0.05) is 26.8 Å². The van der Waals surface area contributed by atoms with Gasteiger partial charge in [-0.25, -0.2) is 4.39 Å². The minimum atomic E-state index is -1.24. The summed E-state index contributed by atoms with van der Waals surface area (Å²) in [6.07, 6.45) is 0. The minimum Gasteiger partial charge on any atom is -0.505 e. The monoisotopic (exact) mass is 215 g/mol. The molecule has 0 aromatic heterocycles. The fraction of sp³-hybridized carbons (Fsp3) is 0.455. The Morgan fingerprint density at radius 3 is 2.27 bits per heavy atom. The third-order valence-electron chi connectivity index (χ3n) is 2.37. The number of halogens is 2. The summed E-state index contributed by atoms with van der Waals surface area (Å²) < 4.78 is 25.8. The van der Waals surface area contributed by atoms with Gasteiger partial charge in [-0.05, 0) is 11.5 Å². The second kappa shape index (κ2) is 3.77. The molecule has 1 rings (SSSR count). The highest BCUT2D eigenvalue weighted by atomic mass is 19.2. The summed E-state index contributed by atoms with van der Waals surface area (Å²) in [5.74, 6) is -3.01. The zero-order valence-corrected chi connectivity index (χ0v) is 9.01. The lowest BCUT2D eigenvalue weighted by Gasteiger charge is -2.27. The predicted octanol–water partition coefficient (Wildman–Crippen LogP) is 2.72. The van der Waals surface area contributed by atoms with E-state index in [0.29, 0.717) is 0 Å². The van der Waals surface area contributed by atoms with E-state index < -0.39 is 23.4 Å². The van der Waals surface area contributed by atoms with E-state index in [4.69, 9.17) is 5.73 Å². The molecule has 0 aliphatic carbocycles. The molecule has 84 valence electrons. The Kier molecular flexibility index (Phi) is 3.00. The molecule has 4 heteroatoms. The average Bonchev–Trinajstić information content (AvgIpc) is 2.12. The molecule has 0 bridgehead atoms. The SMILES string of the molecule is CC(C)(C)[C@@H](N)c1ccc(F)c(F)c1O. The van der Waals surface area contributed by atoms with Crippen LogP contribution in [0.4, 0.5) is 8.78 Å². The van der Waals surface area contributed by atoms with Crippen LogP contribution in [-0.2, 0) is 0 Å². The summed E-state index contributed by atoms with van der Waals surface area (Å²) in [6.45, 7) is 5.58. The first-order valence-corrected chi connectivity index (χ1v) is 4.67. The van der Waals surface area contributed by atoms with Crippen molar-refractivity contribution < 1.29 is 13.9 Å². The third-order valence-corrected chi connectivity index (χ3v) is 2.37. The molecule has 0 aliphatic heterocycles. The maximum atomic E-state index is 13.1. The van der Waals surface area contributed by atoms with Crippen molar-refractivity contribution in [1.29, 1.82) is 0 Å². The van der Waals surface area contributed by atoms with Crippen molar-refractivity contribution in [3.8, 4) is 5.75 Å². The first-order chi connectivity index (χ1) is 6.75. The number of aromatic hydroxyl groups is 1. The number of rotatable bonds is 1. The molecule has 3 N–H and O–H groups in total. The molecule has 0 radical (unpaired) electrons. The number of hydrogen-bond acceptors (Lipinski definition) is 2. The Hall–Kier alpha value is -1.16. The molecule has 1 aromatic rings. The van der Waals surface area contributed by atoms with Gasteiger partial charge < -0.3 is 10.8 Å². The highest BCUT2D eigenvalue weighted by Crippen LogP contribution is 2.36. The quantitative estimate of drug-likeness (QED) is 0.756. The molecule has 2 nitrogen and oxygen atoms in total.